The van der Waals surface area contributed by atoms with Crippen LogP contribution in [-0.2, 0) is 24.2 Å². The Morgan fingerprint density at radius 3 is 2.66 bits per heavy atom. The van der Waals surface area contributed by atoms with Crippen LogP contribution in [-0.4, -0.2) is 34.0 Å². The summed E-state index contributed by atoms with van der Waals surface area (Å²) in [5, 5.41) is 10.2. The van der Waals surface area contributed by atoms with Gasteiger partial charge in [-0.1, -0.05) is 51.1 Å². The van der Waals surface area contributed by atoms with Gasteiger partial charge < -0.3 is 5.11 Å². The molecule has 2 aromatic carbocycles. The number of likely N-dealkylation sites (tertiary alicyclic amines) is 1. The van der Waals surface area contributed by atoms with Gasteiger partial charge in [-0.2, -0.15) is 0 Å². The number of benzene rings is 2. The number of carboxylic acid groups (broad SMARTS) is 1. The average molecular weight is 488 g/mol. The fraction of sp³-hybridized carbons (Fsp3) is 0.414. The molecule has 2 heterocycles. The van der Waals surface area contributed by atoms with Gasteiger partial charge in [-0.3, -0.25) is 9.69 Å². The molecule has 5 nitrogen and oxygen atoms in total. The zero-order valence-corrected chi connectivity index (χ0v) is 21.6. The highest BCUT2D eigenvalue weighted by atomic mass is 32.1. The number of carbonyl (C=O) groups is 1. The number of hydrogen-bond donors (Lipinski definition) is 1. The van der Waals surface area contributed by atoms with Gasteiger partial charge in [0, 0.05) is 18.3 Å². The minimum Gasteiger partial charge on any atom is -0.481 e. The molecule has 0 bridgehead atoms. The van der Waals surface area contributed by atoms with E-state index in [9.17, 15) is 9.90 Å². The van der Waals surface area contributed by atoms with Crippen molar-refractivity contribution in [3.05, 3.63) is 70.7 Å². The number of rotatable bonds is 8. The van der Waals surface area contributed by atoms with E-state index in [0.29, 0.717) is 5.92 Å². The summed E-state index contributed by atoms with van der Waals surface area (Å²) in [5.41, 5.74) is 6.67. The predicted molar refractivity (Wildman–Crippen MR) is 143 cm³/mol. The molecule has 182 valence electrons. The molecule has 1 aromatic heterocycles. The Labute approximate surface area is 212 Å². The van der Waals surface area contributed by atoms with E-state index in [1.807, 2.05) is 12.3 Å². The number of carboxylic acids is 1. The molecule has 3 aromatic rings. The van der Waals surface area contributed by atoms with E-state index >= 15 is 0 Å². The highest BCUT2D eigenvalue weighted by Gasteiger charge is 2.25. The standard InChI is InChI=1S/C29H33N3O2S/c1-5-24-23(18-32-13-11-20(12-14-32)29(33)34)7-6-8-25(24)27-17-31-28(35-27)22-10-9-21(15-19(2)3)26(16-22)30-4/h6-10,16-17,19-20H,5,11-15,18H2,1-3H3,(H,33,34). The molecule has 0 radical (unpaired) electrons. The van der Waals surface area contributed by atoms with E-state index < -0.39 is 5.97 Å². The van der Waals surface area contributed by atoms with Gasteiger partial charge in [-0.05, 0) is 73.0 Å². The molecule has 0 amide bonds. The van der Waals surface area contributed by atoms with Gasteiger partial charge >= 0.3 is 5.97 Å². The number of piperidine rings is 1. The fourth-order valence-corrected chi connectivity index (χ4v) is 5.92. The van der Waals surface area contributed by atoms with Crippen LogP contribution in [0.3, 0.4) is 0 Å². The average Bonchev–Trinajstić information content (AvgIpc) is 3.34. The van der Waals surface area contributed by atoms with Crippen molar-refractivity contribution in [3.63, 3.8) is 0 Å². The molecule has 0 unspecified atom stereocenters. The third-order valence-electron chi connectivity index (χ3n) is 6.81. The second-order valence-corrected chi connectivity index (χ2v) is 10.8. The van der Waals surface area contributed by atoms with Crippen molar-refractivity contribution in [3.8, 4) is 21.0 Å². The number of aromatic nitrogens is 1. The highest BCUT2D eigenvalue weighted by molar-refractivity contribution is 7.18. The highest BCUT2D eigenvalue weighted by Crippen LogP contribution is 2.37. The molecule has 4 rings (SSSR count). The van der Waals surface area contributed by atoms with Crippen molar-refractivity contribution in [2.45, 2.75) is 53.0 Å². The van der Waals surface area contributed by atoms with Crippen LogP contribution >= 0.6 is 11.3 Å². The molecular weight excluding hydrogens is 454 g/mol. The molecule has 1 aliphatic heterocycles. The maximum absolute atomic E-state index is 11.3. The molecule has 1 N–H and O–H groups in total. The maximum Gasteiger partial charge on any atom is 0.306 e. The molecule has 0 saturated carbocycles. The van der Waals surface area contributed by atoms with Crippen molar-refractivity contribution in [1.82, 2.24) is 9.88 Å². The lowest BCUT2D eigenvalue weighted by atomic mass is 9.94. The minimum absolute atomic E-state index is 0.207. The van der Waals surface area contributed by atoms with Gasteiger partial charge in [-0.15, -0.1) is 11.3 Å². The van der Waals surface area contributed by atoms with Gasteiger partial charge in [0.2, 0.25) is 0 Å². The molecule has 0 atom stereocenters. The minimum atomic E-state index is -0.667. The summed E-state index contributed by atoms with van der Waals surface area (Å²) in [7, 11) is 0. The summed E-state index contributed by atoms with van der Waals surface area (Å²) < 4.78 is 0. The first-order valence-corrected chi connectivity index (χ1v) is 13.2. The van der Waals surface area contributed by atoms with Gasteiger partial charge in [-0.25, -0.2) is 9.83 Å². The lowest BCUT2D eigenvalue weighted by Gasteiger charge is -2.30. The van der Waals surface area contributed by atoms with Crippen LogP contribution in [0.15, 0.2) is 42.6 Å². The Balaban J connectivity index is 1.57. The third kappa shape index (κ3) is 5.80. The van der Waals surface area contributed by atoms with Crippen LogP contribution in [0, 0.1) is 18.4 Å². The van der Waals surface area contributed by atoms with Crippen molar-refractivity contribution >= 4 is 23.0 Å². The first-order chi connectivity index (χ1) is 16.9. The lowest BCUT2D eigenvalue weighted by molar-refractivity contribution is -0.143. The molecule has 6 heteroatoms. The molecule has 1 aliphatic rings. The lowest BCUT2D eigenvalue weighted by Crippen LogP contribution is -2.36. The Bertz CT molecular complexity index is 1230. The number of nitrogens with zero attached hydrogens (tertiary/aromatic N) is 3. The number of hydrogen-bond acceptors (Lipinski definition) is 4. The van der Waals surface area contributed by atoms with Crippen LogP contribution in [0.25, 0.3) is 25.9 Å². The molecule has 0 spiro atoms. The van der Waals surface area contributed by atoms with Crippen molar-refractivity contribution in [2.24, 2.45) is 11.8 Å². The van der Waals surface area contributed by atoms with E-state index in [-0.39, 0.29) is 5.92 Å². The summed E-state index contributed by atoms with van der Waals surface area (Å²) in [6.45, 7) is 16.7. The summed E-state index contributed by atoms with van der Waals surface area (Å²) in [6.07, 6.45) is 5.22. The number of thiazole rings is 1. The Morgan fingerprint density at radius 2 is 2.00 bits per heavy atom. The Hall–Kier alpha value is -3.01. The van der Waals surface area contributed by atoms with Crippen LogP contribution in [0.1, 0.15) is 50.3 Å². The first kappa shape index (κ1) is 25.1. The maximum atomic E-state index is 11.3. The second-order valence-electron chi connectivity index (χ2n) is 9.77. The number of aliphatic carboxylic acids is 1. The predicted octanol–water partition coefficient (Wildman–Crippen LogP) is 7.09. The largest absolute Gasteiger partial charge is 0.481 e. The van der Waals surface area contributed by atoms with E-state index in [4.69, 9.17) is 11.6 Å². The summed E-state index contributed by atoms with van der Waals surface area (Å²) in [5.74, 6) is -0.363. The molecule has 0 aliphatic carbocycles. The normalized spacial score (nSPS) is 14.8. The Morgan fingerprint density at radius 1 is 1.23 bits per heavy atom. The van der Waals surface area contributed by atoms with Crippen LogP contribution < -0.4 is 0 Å². The van der Waals surface area contributed by atoms with Crippen molar-refractivity contribution in [2.75, 3.05) is 13.1 Å². The van der Waals surface area contributed by atoms with Gasteiger partial charge in [0.1, 0.15) is 5.01 Å². The fourth-order valence-electron chi connectivity index (χ4n) is 4.96. The van der Waals surface area contributed by atoms with E-state index in [2.05, 4.69) is 60.8 Å². The zero-order chi connectivity index (χ0) is 24.9. The van der Waals surface area contributed by atoms with Crippen molar-refractivity contribution in [1.29, 1.82) is 0 Å². The summed E-state index contributed by atoms with van der Waals surface area (Å²) >= 11 is 1.67. The second kappa shape index (κ2) is 11.2. The zero-order valence-electron chi connectivity index (χ0n) is 20.8. The van der Waals surface area contributed by atoms with Gasteiger partial charge in [0.15, 0.2) is 5.69 Å². The molecule has 1 saturated heterocycles. The summed E-state index contributed by atoms with van der Waals surface area (Å²) in [4.78, 5) is 23.3. The topological polar surface area (TPSA) is 57.8 Å². The third-order valence-corrected chi connectivity index (χ3v) is 7.89. The van der Waals surface area contributed by atoms with E-state index in [0.717, 1.165) is 72.0 Å². The molecule has 1 fully saturated rings. The smallest absolute Gasteiger partial charge is 0.306 e. The SMILES string of the molecule is [C-]#[N+]c1cc(-c2ncc(-c3cccc(CN4CCC(C(=O)O)CC4)c3CC)s2)ccc1CC(C)C. The van der Waals surface area contributed by atoms with Gasteiger partial charge in [0.25, 0.3) is 0 Å². The Kier molecular flexibility index (Phi) is 8.00. The first-order valence-electron chi connectivity index (χ1n) is 12.4. The van der Waals surface area contributed by atoms with Crippen molar-refractivity contribution < 1.29 is 9.90 Å². The van der Waals surface area contributed by atoms with Crippen LogP contribution in [0.4, 0.5) is 5.69 Å². The molecule has 35 heavy (non-hydrogen) atoms. The van der Waals surface area contributed by atoms with Gasteiger partial charge in [0.05, 0.1) is 17.4 Å². The van der Waals surface area contributed by atoms with E-state index in [1.165, 1.54) is 16.7 Å². The summed E-state index contributed by atoms with van der Waals surface area (Å²) in [6, 6.07) is 12.6. The van der Waals surface area contributed by atoms with E-state index in [1.54, 1.807) is 11.3 Å². The van der Waals surface area contributed by atoms with Crippen LogP contribution in [0.5, 0.6) is 0 Å². The van der Waals surface area contributed by atoms with Crippen LogP contribution in [0.2, 0.25) is 0 Å². The molecular formula is C29H33N3O2S. The quantitative estimate of drug-likeness (QED) is 0.345. The monoisotopic (exact) mass is 487 g/mol.